The van der Waals surface area contributed by atoms with E-state index in [1.807, 2.05) is 6.20 Å². The summed E-state index contributed by atoms with van der Waals surface area (Å²) in [5.74, 6) is 0. The van der Waals surface area contributed by atoms with E-state index < -0.39 is 9.84 Å². The van der Waals surface area contributed by atoms with Gasteiger partial charge in [0.15, 0.2) is 14.9 Å². The first-order valence-electron chi connectivity index (χ1n) is 11.2. The van der Waals surface area contributed by atoms with Crippen LogP contribution in [0.2, 0.25) is 0 Å². The summed E-state index contributed by atoms with van der Waals surface area (Å²) in [4.78, 5) is 13.5. The molecule has 0 amide bonds. The molecule has 1 aliphatic heterocycles. The van der Waals surface area contributed by atoms with Crippen molar-refractivity contribution in [3.05, 3.63) is 94.9 Å². The fourth-order valence-corrected chi connectivity index (χ4v) is 5.03. The van der Waals surface area contributed by atoms with Gasteiger partial charge in [-0.15, -0.1) is 0 Å². The number of rotatable bonds is 5. The van der Waals surface area contributed by atoms with E-state index in [0.29, 0.717) is 6.04 Å². The number of benzene rings is 2. The van der Waals surface area contributed by atoms with Gasteiger partial charge in [-0.3, -0.25) is 0 Å². The lowest BCUT2D eigenvalue weighted by Gasteiger charge is -2.27. The van der Waals surface area contributed by atoms with Crippen LogP contribution in [0.25, 0.3) is 0 Å². The minimum Gasteiger partial charge on any atom is -0.364 e. The second-order valence-electron chi connectivity index (χ2n) is 8.65. The predicted octanol–water partition coefficient (Wildman–Crippen LogP) is 3.72. The zero-order valence-electron chi connectivity index (χ0n) is 19.7. The molecular weight excluding hydrogens is 528 g/mol. The van der Waals surface area contributed by atoms with Crippen LogP contribution in [-0.4, -0.2) is 46.8 Å². The molecule has 10 heteroatoms. The van der Waals surface area contributed by atoms with Gasteiger partial charge in [-0.05, 0) is 35.7 Å². The summed E-state index contributed by atoms with van der Waals surface area (Å²) in [6.07, 6.45) is 8.73. The molecule has 0 saturated carbocycles. The fraction of sp³-hybridized carbons (Fsp3) is 0.280. The Kier molecular flexibility index (Phi) is 8.04. The highest BCUT2D eigenvalue weighted by Crippen LogP contribution is 2.28. The van der Waals surface area contributed by atoms with Gasteiger partial charge in [-0.2, -0.15) is 0 Å². The van der Waals surface area contributed by atoms with Gasteiger partial charge < -0.3 is 19.8 Å². The molecule has 2 aromatic carbocycles. The van der Waals surface area contributed by atoms with Crippen molar-refractivity contribution in [3.63, 3.8) is 0 Å². The summed E-state index contributed by atoms with van der Waals surface area (Å²) in [5.41, 5.74) is 5.12. The number of aromatic nitrogens is 4. The average molecular weight is 558 g/mol. The zero-order valence-corrected chi connectivity index (χ0v) is 22.1. The molecule has 2 aromatic heterocycles. The van der Waals surface area contributed by atoms with Gasteiger partial charge in [0.1, 0.15) is 0 Å². The number of imidazole rings is 2. The van der Waals surface area contributed by atoms with Crippen molar-refractivity contribution >= 4 is 31.5 Å². The van der Waals surface area contributed by atoms with Crippen LogP contribution in [-0.2, 0) is 36.4 Å². The normalized spacial score (nSPS) is 15.6. The van der Waals surface area contributed by atoms with Gasteiger partial charge in [0.25, 0.3) is 0 Å². The second kappa shape index (κ2) is 11.2. The number of sulfone groups is 1. The molecule has 0 aliphatic carbocycles. The van der Waals surface area contributed by atoms with Gasteiger partial charge in [0.05, 0.1) is 24.9 Å². The van der Waals surface area contributed by atoms with E-state index >= 15 is 0 Å². The van der Waals surface area contributed by atoms with Crippen molar-refractivity contribution in [2.75, 3.05) is 17.7 Å². The number of aromatic amines is 1. The molecule has 0 bridgehead atoms. The Balaban J connectivity index is 0.000000243. The van der Waals surface area contributed by atoms with Crippen molar-refractivity contribution in [3.8, 4) is 0 Å². The van der Waals surface area contributed by atoms with Crippen molar-refractivity contribution in [2.24, 2.45) is 7.05 Å². The number of anilines is 1. The molecule has 0 spiro atoms. The van der Waals surface area contributed by atoms with Crippen LogP contribution in [0.1, 0.15) is 16.8 Å². The van der Waals surface area contributed by atoms with Crippen molar-refractivity contribution < 1.29 is 8.42 Å². The maximum Gasteiger partial charge on any atom is 0.194 e. The fourth-order valence-electron chi connectivity index (χ4n) is 4.03. The van der Waals surface area contributed by atoms with Gasteiger partial charge in [-0.1, -0.05) is 46.3 Å². The van der Waals surface area contributed by atoms with E-state index in [1.165, 1.54) is 29.3 Å². The average Bonchev–Trinajstić information content (AvgIpc) is 3.46. The second-order valence-corrected chi connectivity index (χ2v) is 11.5. The van der Waals surface area contributed by atoms with E-state index in [1.54, 1.807) is 17.9 Å². The summed E-state index contributed by atoms with van der Waals surface area (Å²) in [7, 11) is -1.39. The number of hydrogen-bond acceptors (Lipinski definition) is 6. The van der Waals surface area contributed by atoms with Gasteiger partial charge in [0, 0.05) is 55.0 Å². The molecular formula is C25H29BrN6O2S. The third kappa shape index (κ3) is 7.03. The van der Waals surface area contributed by atoms with Gasteiger partial charge in [-0.25, -0.2) is 18.4 Å². The first-order valence-corrected chi connectivity index (χ1v) is 13.9. The summed E-state index contributed by atoms with van der Waals surface area (Å²) in [6, 6.07) is 17.6. The van der Waals surface area contributed by atoms with Crippen molar-refractivity contribution in [1.82, 2.24) is 24.8 Å². The molecule has 0 radical (unpaired) electrons. The van der Waals surface area contributed by atoms with E-state index in [9.17, 15) is 8.42 Å². The third-order valence-electron chi connectivity index (χ3n) is 5.71. The summed E-state index contributed by atoms with van der Waals surface area (Å²) >= 11 is 3.60. The Morgan fingerprint density at radius 1 is 1.17 bits per heavy atom. The van der Waals surface area contributed by atoms with Crippen LogP contribution in [0.3, 0.4) is 0 Å². The first kappa shape index (κ1) is 25.2. The van der Waals surface area contributed by atoms with Crippen molar-refractivity contribution in [1.29, 1.82) is 0 Å². The van der Waals surface area contributed by atoms with Crippen LogP contribution in [0.5, 0.6) is 0 Å². The van der Waals surface area contributed by atoms with E-state index in [4.69, 9.17) is 0 Å². The van der Waals surface area contributed by atoms with Gasteiger partial charge >= 0.3 is 0 Å². The minimum absolute atomic E-state index is 0.120. The molecule has 1 atom stereocenters. The molecule has 3 heterocycles. The number of fused-ring (bicyclic) bond motifs is 1. The smallest absolute Gasteiger partial charge is 0.194 e. The largest absolute Gasteiger partial charge is 0.364 e. The Labute approximate surface area is 214 Å². The molecule has 0 saturated heterocycles. The minimum atomic E-state index is -3.11. The SMILES string of the molecule is Brc1ccc2c(c1)CN[C@H](Cc1ccccc1)CN2Cc1cnc[nH]1.Cn1cnc(S(C)(=O)=O)c1. The molecule has 35 heavy (non-hydrogen) atoms. The summed E-state index contributed by atoms with van der Waals surface area (Å²) in [6.45, 7) is 2.68. The number of H-pyrrole nitrogens is 1. The van der Waals surface area contributed by atoms with Crippen LogP contribution >= 0.6 is 15.9 Å². The molecule has 1 aliphatic rings. The molecule has 5 rings (SSSR count). The zero-order chi connectivity index (χ0) is 24.8. The maximum absolute atomic E-state index is 10.8. The monoisotopic (exact) mass is 556 g/mol. The van der Waals surface area contributed by atoms with Crippen LogP contribution in [0, 0.1) is 0 Å². The highest BCUT2D eigenvalue weighted by atomic mass is 79.9. The Morgan fingerprint density at radius 2 is 1.97 bits per heavy atom. The van der Waals surface area contributed by atoms with Crippen LogP contribution < -0.4 is 10.2 Å². The topological polar surface area (TPSA) is 95.9 Å². The number of nitrogens with one attached hydrogen (secondary N) is 2. The number of halogens is 1. The van der Waals surface area contributed by atoms with Gasteiger partial charge in [0.2, 0.25) is 0 Å². The molecule has 8 nitrogen and oxygen atoms in total. The molecule has 2 N–H and O–H groups in total. The number of nitrogens with zero attached hydrogens (tertiary/aromatic N) is 4. The standard InChI is InChI=1S/C20H21BrN4.C5H8N2O2S/c21-17-6-7-20-16(9-17)10-23-18(8-15-4-2-1-3-5-15)12-25(20)13-19-11-22-14-24-19;1-7-3-5(6-4-7)10(2,8)9/h1-7,9,11,14,18,23H,8,10,12-13H2,(H,22,24);3-4H,1-2H3/t18-;/m1./s1. The Hall–Kier alpha value is -2.95. The lowest BCUT2D eigenvalue weighted by atomic mass is 10.1. The molecule has 0 unspecified atom stereocenters. The number of hydrogen-bond donors (Lipinski definition) is 2. The summed E-state index contributed by atoms with van der Waals surface area (Å²) < 4.78 is 24.3. The molecule has 4 aromatic rings. The Bertz CT molecular complexity index is 1340. The number of aryl methyl sites for hydroxylation is 1. The summed E-state index contributed by atoms with van der Waals surface area (Å²) in [5, 5.41) is 3.86. The lowest BCUT2D eigenvalue weighted by Crippen LogP contribution is -2.39. The van der Waals surface area contributed by atoms with Crippen molar-refractivity contribution in [2.45, 2.75) is 30.6 Å². The van der Waals surface area contributed by atoms with E-state index in [0.717, 1.165) is 42.5 Å². The lowest BCUT2D eigenvalue weighted by molar-refractivity contribution is 0.511. The maximum atomic E-state index is 10.8. The highest BCUT2D eigenvalue weighted by Gasteiger charge is 2.22. The third-order valence-corrected chi connectivity index (χ3v) is 7.17. The predicted molar refractivity (Wildman–Crippen MR) is 141 cm³/mol. The molecule has 0 fully saturated rings. The van der Waals surface area contributed by atoms with E-state index in [-0.39, 0.29) is 5.03 Å². The quantitative estimate of drug-likeness (QED) is 0.389. The van der Waals surface area contributed by atoms with E-state index in [2.05, 4.69) is 89.6 Å². The Morgan fingerprint density at radius 3 is 2.60 bits per heavy atom. The van der Waals surface area contributed by atoms with Crippen LogP contribution in [0.15, 0.2) is 83.1 Å². The molecule has 184 valence electrons. The highest BCUT2D eigenvalue weighted by molar-refractivity contribution is 9.10. The first-order chi connectivity index (χ1) is 16.8. The van der Waals surface area contributed by atoms with Crippen LogP contribution in [0.4, 0.5) is 5.69 Å².